The molecule has 1 saturated carbocycles. The van der Waals surface area contributed by atoms with Crippen molar-refractivity contribution in [2.75, 3.05) is 0 Å². The van der Waals surface area contributed by atoms with Crippen LogP contribution in [-0.4, -0.2) is 10.7 Å². The average molecular weight is 222 g/mol. The topological polar surface area (TPSA) is 20.2 Å². The Bertz CT molecular complexity index is 288. The van der Waals surface area contributed by atoms with Gasteiger partial charge in [-0.1, -0.05) is 25.5 Å². The maximum absolute atomic E-state index is 10.5. The van der Waals surface area contributed by atoms with E-state index in [0.717, 1.165) is 24.7 Å². The van der Waals surface area contributed by atoms with Crippen molar-refractivity contribution >= 4 is 0 Å². The van der Waals surface area contributed by atoms with E-state index in [4.69, 9.17) is 0 Å². The highest BCUT2D eigenvalue weighted by Crippen LogP contribution is 2.50. The Morgan fingerprint density at radius 3 is 2.75 bits per heavy atom. The van der Waals surface area contributed by atoms with Gasteiger partial charge in [0.15, 0.2) is 0 Å². The van der Waals surface area contributed by atoms with Crippen LogP contribution in [0.15, 0.2) is 11.6 Å². The van der Waals surface area contributed by atoms with Crippen molar-refractivity contribution in [3.63, 3.8) is 0 Å². The van der Waals surface area contributed by atoms with Crippen LogP contribution in [0.4, 0.5) is 0 Å². The van der Waals surface area contributed by atoms with E-state index in [9.17, 15) is 5.11 Å². The third-order valence-electron chi connectivity index (χ3n) is 4.98. The lowest BCUT2D eigenvalue weighted by Gasteiger charge is -2.50. The lowest BCUT2D eigenvalue weighted by Crippen LogP contribution is -2.48. The summed E-state index contributed by atoms with van der Waals surface area (Å²) in [5.74, 6) is 2.79. The highest BCUT2D eigenvalue weighted by molar-refractivity contribution is 5.11. The fourth-order valence-corrected chi connectivity index (χ4v) is 3.95. The summed E-state index contributed by atoms with van der Waals surface area (Å²) >= 11 is 0. The van der Waals surface area contributed by atoms with E-state index in [-0.39, 0.29) is 0 Å². The first-order valence-corrected chi connectivity index (χ1v) is 6.80. The zero-order valence-electron chi connectivity index (χ0n) is 11.2. The van der Waals surface area contributed by atoms with E-state index in [0.29, 0.717) is 11.8 Å². The molecule has 0 radical (unpaired) electrons. The Hall–Kier alpha value is -0.300. The van der Waals surface area contributed by atoms with E-state index >= 15 is 0 Å². The molecule has 1 N–H and O–H groups in total. The average Bonchev–Trinajstić information content (AvgIpc) is 2.16. The van der Waals surface area contributed by atoms with Gasteiger partial charge in [0.1, 0.15) is 0 Å². The van der Waals surface area contributed by atoms with Crippen molar-refractivity contribution < 1.29 is 5.11 Å². The second-order valence-corrected chi connectivity index (χ2v) is 6.56. The van der Waals surface area contributed by atoms with Gasteiger partial charge in [0, 0.05) is 0 Å². The smallest absolute Gasteiger partial charge is 0.0653 e. The largest absolute Gasteiger partial charge is 0.390 e. The van der Waals surface area contributed by atoms with Crippen LogP contribution < -0.4 is 0 Å². The summed E-state index contributed by atoms with van der Waals surface area (Å²) in [5, 5.41) is 10.5. The molecule has 1 nitrogen and oxygen atoms in total. The van der Waals surface area contributed by atoms with Crippen LogP contribution in [0.5, 0.6) is 0 Å². The number of hydrogen-bond acceptors (Lipinski definition) is 1. The van der Waals surface area contributed by atoms with Crippen LogP contribution in [0.2, 0.25) is 0 Å². The maximum Gasteiger partial charge on any atom is 0.0653 e. The summed E-state index contributed by atoms with van der Waals surface area (Å²) in [6.45, 7) is 8.98. The molecule has 1 heteroatoms. The van der Waals surface area contributed by atoms with Crippen molar-refractivity contribution in [3.8, 4) is 0 Å². The summed E-state index contributed by atoms with van der Waals surface area (Å²) in [4.78, 5) is 0. The maximum atomic E-state index is 10.5. The number of aliphatic hydroxyl groups is 1. The molecular weight excluding hydrogens is 196 g/mol. The molecule has 0 spiro atoms. The Kier molecular flexibility index (Phi) is 3.18. The van der Waals surface area contributed by atoms with Gasteiger partial charge in [0.2, 0.25) is 0 Å². The second kappa shape index (κ2) is 4.18. The zero-order chi connectivity index (χ0) is 11.9. The van der Waals surface area contributed by atoms with Crippen LogP contribution in [-0.2, 0) is 0 Å². The molecule has 92 valence electrons. The Morgan fingerprint density at radius 1 is 1.44 bits per heavy atom. The molecule has 1 fully saturated rings. The van der Waals surface area contributed by atoms with E-state index < -0.39 is 5.60 Å². The third-order valence-corrected chi connectivity index (χ3v) is 4.98. The SMILES string of the molecule is CC1=CC[C@H]2[C@H](C1)[C@@H](C(C)C)CC[C@@]2(C)O. The van der Waals surface area contributed by atoms with Gasteiger partial charge in [-0.05, 0) is 63.2 Å². The van der Waals surface area contributed by atoms with Gasteiger partial charge in [-0.2, -0.15) is 0 Å². The van der Waals surface area contributed by atoms with Gasteiger partial charge in [-0.15, -0.1) is 0 Å². The molecule has 0 unspecified atom stereocenters. The van der Waals surface area contributed by atoms with Gasteiger partial charge in [0.05, 0.1) is 5.60 Å². The predicted octanol–water partition coefficient (Wildman–Crippen LogP) is 3.78. The lowest BCUT2D eigenvalue weighted by atomic mass is 9.58. The first-order valence-electron chi connectivity index (χ1n) is 6.80. The Morgan fingerprint density at radius 2 is 2.12 bits per heavy atom. The highest BCUT2D eigenvalue weighted by atomic mass is 16.3. The summed E-state index contributed by atoms with van der Waals surface area (Å²) in [5.41, 5.74) is 1.11. The van der Waals surface area contributed by atoms with Gasteiger partial charge in [0.25, 0.3) is 0 Å². The molecule has 0 amide bonds. The molecule has 0 aromatic carbocycles. The predicted molar refractivity (Wildman–Crippen MR) is 68.2 cm³/mol. The molecule has 0 aromatic heterocycles. The molecule has 2 aliphatic rings. The number of allylic oxidation sites excluding steroid dienone is 2. The van der Waals surface area contributed by atoms with Crippen LogP contribution in [0.1, 0.15) is 53.4 Å². The third kappa shape index (κ3) is 2.07. The van der Waals surface area contributed by atoms with Crippen molar-refractivity contribution in [2.24, 2.45) is 23.7 Å². The van der Waals surface area contributed by atoms with Crippen LogP contribution in [0.3, 0.4) is 0 Å². The highest BCUT2D eigenvalue weighted by Gasteiger charge is 2.46. The molecule has 0 bridgehead atoms. The fourth-order valence-electron chi connectivity index (χ4n) is 3.95. The monoisotopic (exact) mass is 222 g/mol. The van der Waals surface area contributed by atoms with Gasteiger partial charge in [-0.25, -0.2) is 0 Å². The summed E-state index contributed by atoms with van der Waals surface area (Å²) < 4.78 is 0. The normalized spacial score (nSPS) is 44.1. The fraction of sp³-hybridized carbons (Fsp3) is 0.867. The molecule has 0 aliphatic heterocycles. The minimum absolute atomic E-state index is 0.423. The van der Waals surface area contributed by atoms with Crippen LogP contribution in [0.25, 0.3) is 0 Å². The lowest BCUT2D eigenvalue weighted by molar-refractivity contribution is -0.0890. The zero-order valence-corrected chi connectivity index (χ0v) is 11.2. The summed E-state index contributed by atoms with van der Waals surface area (Å²) in [6, 6.07) is 0. The minimum atomic E-state index is -0.423. The van der Waals surface area contributed by atoms with Crippen molar-refractivity contribution in [1.29, 1.82) is 0 Å². The van der Waals surface area contributed by atoms with E-state index in [1.165, 1.54) is 18.4 Å². The van der Waals surface area contributed by atoms with Crippen LogP contribution >= 0.6 is 0 Å². The van der Waals surface area contributed by atoms with Gasteiger partial charge >= 0.3 is 0 Å². The van der Waals surface area contributed by atoms with E-state index in [1.807, 2.05) is 0 Å². The molecular formula is C15H26O. The van der Waals surface area contributed by atoms with Crippen molar-refractivity contribution in [1.82, 2.24) is 0 Å². The molecule has 16 heavy (non-hydrogen) atoms. The molecule has 0 aromatic rings. The quantitative estimate of drug-likeness (QED) is 0.669. The Balaban J connectivity index is 2.24. The van der Waals surface area contributed by atoms with Gasteiger partial charge < -0.3 is 5.11 Å². The minimum Gasteiger partial charge on any atom is -0.390 e. The first-order chi connectivity index (χ1) is 7.42. The Labute approximate surface area is 99.9 Å². The second-order valence-electron chi connectivity index (χ2n) is 6.56. The molecule has 2 aliphatic carbocycles. The number of fused-ring (bicyclic) bond motifs is 1. The van der Waals surface area contributed by atoms with Gasteiger partial charge in [-0.3, -0.25) is 0 Å². The standard InChI is InChI=1S/C15H26O/c1-10(2)12-7-8-15(4,16)14-6-5-11(3)9-13(12)14/h5,10,12-14,16H,6-9H2,1-4H3/t12-,13-,14+,15-/m1/s1. The number of rotatable bonds is 1. The molecule has 4 atom stereocenters. The number of hydrogen-bond donors (Lipinski definition) is 1. The summed E-state index contributed by atoms with van der Waals surface area (Å²) in [7, 11) is 0. The summed E-state index contributed by atoms with van der Waals surface area (Å²) in [6.07, 6.45) is 6.84. The van der Waals surface area contributed by atoms with Crippen molar-refractivity contribution in [2.45, 2.75) is 59.0 Å². The molecule has 0 saturated heterocycles. The molecule has 0 heterocycles. The first kappa shape index (κ1) is 12.2. The van der Waals surface area contributed by atoms with E-state index in [2.05, 4.69) is 33.8 Å². The van der Waals surface area contributed by atoms with Crippen molar-refractivity contribution in [3.05, 3.63) is 11.6 Å². The molecule has 2 rings (SSSR count). The van der Waals surface area contributed by atoms with Crippen LogP contribution in [0, 0.1) is 23.7 Å². The van der Waals surface area contributed by atoms with E-state index in [1.54, 1.807) is 0 Å².